The number of unbranched alkanes of at least 4 members (excludes halogenated alkanes) is 1. The molecule has 0 radical (unpaired) electrons. The number of nitrogens with zero attached hydrogens (tertiary/aromatic N) is 1. The first kappa shape index (κ1) is 23.7. The van der Waals surface area contributed by atoms with Gasteiger partial charge in [-0.05, 0) is 62.8 Å². The molecule has 164 valence electrons. The van der Waals surface area contributed by atoms with E-state index in [4.69, 9.17) is 9.47 Å². The third-order valence-corrected chi connectivity index (χ3v) is 5.68. The van der Waals surface area contributed by atoms with Crippen molar-refractivity contribution in [2.75, 3.05) is 38.2 Å². The average molecular weight is 405 g/mol. The zero-order valence-corrected chi connectivity index (χ0v) is 19.0. The maximum Gasteiger partial charge on any atom is 0.256 e. The van der Waals surface area contributed by atoms with Crippen molar-refractivity contribution < 1.29 is 14.3 Å². The maximum atomic E-state index is 12.7. The van der Waals surface area contributed by atoms with E-state index in [0.29, 0.717) is 13.2 Å². The molecule has 1 aliphatic rings. The smallest absolute Gasteiger partial charge is 0.256 e. The number of carbonyl (C=O) groups excluding carboxylic acids is 1. The lowest BCUT2D eigenvalue weighted by Crippen LogP contribution is -2.42. The van der Waals surface area contributed by atoms with Crippen molar-refractivity contribution in [2.24, 2.45) is 11.8 Å². The molecule has 1 aromatic carbocycles. The molecule has 0 bridgehead atoms. The van der Waals surface area contributed by atoms with Crippen LogP contribution >= 0.6 is 0 Å². The number of hydrogen-bond donors (Lipinski definition) is 1. The van der Waals surface area contributed by atoms with Crippen LogP contribution in [-0.4, -0.2) is 49.3 Å². The lowest BCUT2D eigenvalue weighted by molar-refractivity contribution is -0.139. The van der Waals surface area contributed by atoms with Crippen LogP contribution < -0.4 is 10.1 Å². The number of amides is 1. The van der Waals surface area contributed by atoms with Gasteiger partial charge in [-0.1, -0.05) is 33.6 Å². The number of hydrogen-bond acceptors (Lipinski definition) is 4. The highest BCUT2D eigenvalue weighted by Crippen LogP contribution is 2.23. The summed E-state index contributed by atoms with van der Waals surface area (Å²) in [6.07, 6.45) is 4.05. The quantitative estimate of drug-likeness (QED) is 0.566. The zero-order valence-electron chi connectivity index (χ0n) is 19.0. The molecule has 2 rings (SSSR count). The van der Waals surface area contributed by atoms with Gasteiger partial charge >= 0.3 is 0 Å². The highest BCUT2D eigenvalue weighted by Gasteiger charge is 2.33. The van der Waals surface area contributed by atoms with Gasteiger partial charge in [-0.15, -0.1) is 0 Å². The molecule has 1 heterocycles. The molecule has 0 spiro atoms. The van der Waals surface area contributed by atoms with Crippen molar-refractivity contribution in [1.29, 1.82) is 0 Å². The van der Waals surface area contributed by atoms with Crippen LogP contribution in [0.5, 0.6) is 5.75 Å². The SMILES string of the molecule is CCCCC(C)(OCC)C(=O)Nc1ccc(OCCN2CC(C)CC(C)C2)cc1. The van der Waals surface area contributed by atoms with Gasteiger partial charge < -0.3 is 14.8 Å². The largest absolute Gasteiger partial charge is 0.492 e. The van der Waals surface area contributed by atoms with E-state index >= 15 is 0 Å². The van der Waals surface area contributed by atoms with Crippen molar-refractivity contribution in [3.63, 3.8) is 0 Å². The number of carbonyl (C=O) groups is 1. The fraction of sp³-hybridized carbons (Fsp3) is 0.708. The molecule has 3 atom stereocenters. The van der Waals surface area contributed by atoms with Crippen LogP contribution in [0.15, 0.2) is 24.3 Å². The first-order chi connectivity index (χ1) is 13.9. The van der Waals surface area contributed by atoms with E-state index in [-0.39, 0.29) is 5.91 Å². The van der Waals surface area contributed by atoms with Crippen LogP contribution in [0.4, 0.5) is 5.69 Å². The fourth-order valence-corrected chi connectivity index (χ4v) is 4.25. The molecule has 3 unspecified atom stereocenters. The predicted octanol–water partition coefficient (Wildman–Crippen LogP) is 4.97. The second-order valence-electron chi connectivity index (χ2n) is 8.80. The summed E-state index contributed by atoms with van der Waals surface area (Å²) in [7, 11) is 0. The third kappa shape index (κ3) is 7.63. The van der Waals surface area contributed by atoms with E-state index in [0.717, 1.165) is 62.2 Å². The molecule has 1 N–H and O–H groups in total. The Balaban J connectivity index is 1.82. The number of nitrogens with one attached hydrogen (secondary N) is 1. The van der Waals surface area contributed by atoms with Gasteiger partial charge in [-0.2, -0.15) is 0 Å². The van der Waals surface area contributed by atoms with Crippen LogP contribution in [0, 0.1) is 11.8 Å². The zero-order chi connectivity index (χ0) is 21.3. The number of benzene rings is 1. The molecule has 1 saturated heterocycles. The third-order valence-electron chi connectivity index (χ3n) is 5.68. The standard InChI is InChI=1S/C24H40N2O3/c1-6-8-13-24(5,29-7-2)23(27)25-21-9-11-22(12-10-21)28-15-14-26-17-19(3)16-20(4)18-26/h9-12,19-20H,6-8,13-18H2,1-5H3,(H,25,27). The molecule has 1 amide bonds. The van der Waals surface area contributed by atoms with Crippen molar-refractivity contribution in [3.8, 4) is 5.75 Å². The Morgan fingerprint density at radius 3 is 2.41 bits per heavy atom. The molecule has 0 aliphatic carbocycles. The number of anilines is 1. The number of piperidine rings is 1. The van der Waals surface area contributed by atoms with Crippen LogP contribution in [0.25, 0.3) is 0 Å². The first-order valence-electron chi connectivity index (χ1n) is 11.3. The van der Waals surface area contributed by atoms with Gasteiger partial charge in [0.1, 0.15) is 18.0 Å². The van der Waals surface area contributed by atoms with Crippen molar-refractivity contribution in [2.45, 2.75) is 65.9 Å². The molecular formula is C24H40N2O3. The van der Waals surface area contributed by atoms with Crippen LogP contribution in [0.2, 0.25) is 0 Å². The summed E-state index contributed by atoms with van der Waals surface area (Å²) in [6.45, 7) is 15.1. The van der Waals surface area contributed by atoms with E-state index in [1.54, 1.807) is 0 Å². The molecular weight excluding hydrogens is 364 g/mol. The van der Waals surface area contributed by atoms with E-state index in [1.807, 2.05) is 38.1 Å². The average Bonchev–Trinajstić information content (AvgIpc) is 2.67. The second-order valence-corrected chi connectivity index (χ2v) is 8.80. The summed E-state index contributed by atoms with van der Waals surface area (Å²) >= 11 is 0. The number of ether oxygens (including phenoxy) is 2. The van der Waals surface area contributed by atoms with Gasteiger partial charge in [0.05, 0.1) is 0 Å². The molecule has 1 aliphatic heterocycles. The Morgan fingerprint density at radius 2 is 1.83 bits per heavy atom. The summed E-state index contributed by atoms with van der Waals surface area (Å²) in [5.74, 6) is 2.28. The normalized spacial score (nSPS) is 22.1. The van der Waals surface area contributed by atoms with Gasteiger partial charge in [-0.25, -0.2) is 0 Å². The highest BCUT2D eigenvalue weighted by molar-refractivity contribution is 5.97. The first-order valence-corrected chi connectivity index (χ1v) is 11.3. The molecule has 5 nitrogen and oxygen atoms in total. The minimum Gasteiger partial charge on any atom is -0.492 e. The monoisotopic (exact) mass is 404 g/mol. The number of likely N-dealkylation sites (tertiary alicyclic amines) is 1. The van der Waals surface area contributed by atoms with Gasteiger partial charge in [0.25, 0.3) is 5.91 Å². The summed E-state index contributed by atoms with van der Waals surface area (Å²) in [5.41, 5.74) is -0.0220. The fourth-order valence-electron chi connectivity index (χ4n) is 4.25. The predicted molar refractivity (Wildman–Crippen MR) is 120 cm³/mol. The van der Waals surface area contributed by atoms with Crippen LogP contribution in [0.3, 0.4) is 0 Å². The minimum absolute atomic E-state index is 0.0881. The van der Waals surface area contributed by atoms with E-state index in [1.165, 1.54) is 6.42 Å². The van der Waals surface area contributed by atoms with Gasteiger partial charge in [0.15, 0.2) is 0 Å². The number of rotatable bonds is 11. The topological polar surface area (TPSA) is 50.8 Å². The Hall–Kier alpha value is -1.59. The van der Waals surface area contributed by atoms with Crippen LogP contribution in [0.1, 0.15) is 60.3 Å². The van der Waals surface area contributed by atoms with Gasteiger partial charge in [0.2, 0.25) is 0 Å². The van der Waals surface area contributed by atoms with E-state index < -0.39 is 5.60 Å². The molecule has 0 saturated carbocycles. The van der Waals surface area contributed by atoms with Crippen molar-refractivity contribution in [3.05, 3.63) is 24.3 Å². The Labute approximate surface area is 177 Å². The summed E-state index contributed by atoms with van der Waals surface area (Å²) in [6, 6.07) is 7.62. The summed E-state index contributed by atoms with van der Waals surface area (Å²) < 4.78 is 11.7. The molecule has 1 fully saturated rings. The van der Waals surface area contributed by atoms with Gasteiger partial charge in [-0.3, -0.25) is 9.69 Å². The summed E-state index contributed by atoms with van der Waals surface area (Å²) in [5, 5.41) is 2.99. The lowest BCUT2D eigenvalue weighted by atomic mass is 9.92. The highest BCUT2D eigenvalue weighted by atomic mass is 16.5. The Morgan fingerprint density at radius 1 is 1.17 bits per heavy atom. The molecule has 29 heavy (non-hydrogen) atoms. The maximum absolute atomic E-state index is 12.7. The molecule has 5 heteroatoms. The van der Waals surface area contributed by atoms with E-state index in [2.05, 4.69) is 31.0 Å². The summed E-state index contributed by atoms with van der Waals surface area (Å²) in [4.78, 5) is 15.2. The van der Waals surface area contributed by atoms with E-state index in [9.17, 15) is 4.79 Å². The van der Waals surface area contributed by atoms with Crippen molar-refractivity contribution >= 4 is 11.6 Å². The van der Waals surface area contributed by atoms with Gasteiger partial charge in [0, 0.05) is 31.9 Å². The Kier molecular flexibility index (Phi) is 9.44. The minimum atomic E-state index is -0.789. The van der Waals surface area contributed by atoms with Crippen molar-refractivity contribution in [1.82, 2.24) is 4.90 Å². The lowest BCUT2D eigenvalue weighted by Gasteiger charge is -2.34. The Bertz CT molecular complexity index is 609. The van der Waals surface area contributed by atoms with Crippen LogP contribution in [-0.2, 0) is 9.53 Å². The molecule has 0 aromatic heterocycles. The second kappa shape index (κ2) is 11.6. The molecule has 1 aromatic rings.